The van der Waals surface area contributed by atoms with Crippen LogP contribution in [0, 0.1) is 0 Å². The summed E-state index contributed by atoms with van der Waals surface area (Å²) in [4.78, 5) is 25.2. The van der Waals surface area contributed by atoms with E-state index in [0.29, 0.717) is 16.3 Å². The zero-order valence-corrected chi connectivity index (χ0v) is 12.0. The molecular formula is C14H15ClN2O3. The first kappa shape index (κ1) is 13.4. The van der Waals surface area contributed by atoms with E-state index in [1.165, 1.54) is 0 Å². The number of morpholine rings is 1. The Balaban J connectivity index is 1.97. The van der Waals surface area contributed by atoms with Gasteiger partial charge in [-0.15, -0.1) is 0 Å². The van der Waals surface area contributed by atoms with E-state index in [0.717, 1.165) is 18.8 Å². The normalized spacial score (nSPS) is 25.6. The van der Waals surface area contributed by atoms with Crippen LogP contribution >= 0.6 is 11.6 Å². The average Bonchev–Trinajstić information content (AvgIpc) is 2.63. The lowest BCUT2D eigenvalue weighted by molar-refractivity contribution is -0.112. The molecule has 106 valence electrons. The second-order valence-corrected chi connectivity index (χ2v) is 5.70. The van der Waals surface area contributed by atoms with Crippen LogP contribution in [-0.4, -0.2) is 37.0 Å². The van der Waals surface area contributed by atoms with Crippen LogP contribution in [0.1, 0.15) is 24.2 Å². The van der Waals surface area contributed by atoms with Crippen molar-refractivity contribution in [2.45, 2.75) is 26.1 Å². The molecule has 0 aliphatic carbocycles. The summed E-state index contributed by atoms with van der Waals surface area (Å²) in [6, 6.07) is 3.34. The lowest BCUT2D eigenvalue weighted by Gasteiger charge is -2.37. The molecule has 2 aliphatic heterocycles. The summed E-state index contributed by atoms with van der Waals surface area (Å²) in [6.07, 6.45) is 0.221. The van der Waals surface area contributed by atoms with E-state index in [1.54, 1.807) is 12.1 Å². The number of Topliss-reactive ketones (excluding diaryl/α,β-unsaturated/α-hetero) is 1. The molecule has 1 fully saturated rings. The molecular weight excluding hydrogens is 280 g/mol. The molecule has 1 aromatic carbocycles. The third-order valence-corrected chi connectivity index (χ3v) is 3.85. The summed E-state index contributed by atoms with van der Waals surface area (Å²) in [7, 11) is 0. The first-order valence-electron chi connectivity index (χ1n) is 6.55. The van der Waals surface area contributed by atoms with E-state index >= 15 is 0 Å². The average molecular weight is 295 g/mol. The van der Waals surface area contributed by atoms with Gasteiger partial charge in [0, 0.05) is 13.1 Å². The molecule has 2 atom stereocenters. The van der Waals surface area contributed by atoms with E-state index in [2.05, 4.69) is 10.2 Å². The largest absolute Gasteiger partial charge is 0.372 e. The number of hydrogen-bond acceptors (Lipinski definition) is 4. The van der Waals surface area contributed by atoms with Crippen LogP contribution in [0.4, 0.5) is 11.4 Å². The maximum atomic E-state index is 11.6. The molecule has 0 bridgehead atoms. The van der Waals surface area contributed by atoms with Crippen LogP contribution in [-0.2, 0) is 9.53 Å². The molecule has 0 unspecified atom stereocenters. The molecule has 6 heteroatoms. The van der Waals surface area contributed by atoms with Crippen molar-refractivity contribution in [2.24, 2.45) is 0 Å². The minimum Gasteiger partial charge on any atom is -0.372 e. The van der Waals surface area contributed by atoms with Crippen LogP contribution in [0.5, 0.6) is 0 Å². The van der Waals surface area contributed by atoms with Crippen molar-refractivity contribution in [3.63, 3.8) is 0 Å². The van der Waals surface area contributed by atoms with Gasteiger partial charge in [0.2, 0.25) is 0 Å². The number of amides is 1. The summed E-state index contributed by atoms with van der Waals surface area (Å²) in [5.41, 5.74) is 1.70. The fraction of sp³-hybridized carbons (Fsp3) is 0.429. The van der Waals surface area contributed by atoms with E-state index in [1.807, 2.05) is 13.8 Å². The quantitative estimate of drug-likeness (QED) is 0.806. The van der Waals surface area contributed by atoms with E-state index in [4.69, 9.17) is 16.3 Å². The van der Waals surface area contributed by atoms with Crippen molar-refractivity contribution in [1.82, 2.24) is 0 Å². The lowest BCUT2D eigenvalue weighted by atomic mass is 10.1. The molecule has 1 N–H and O–H groups in total. The highest BCUT2D eigenvalue weighted by Gasteiger charge is 2.31. The zero-order valence-electron chi connectivity index (χ0n) is 11.3. The number of carbonyl (C=O) groups is 2. The molecule has 0 saturated carbocycles. The Labute approximate surface area is 121 Å². The van der Waals surface area contributed by atoms with Crippen LogP contribution in [0.25, 0.3) is 0 Å². The molecule has 0 radical (unpaired) electrons. The van der Waals surface area contributed by atoms with E-state index < -0.39 is 11.7 Å². The van der Waals surface area contributed by atoms with Gasteiger partial charge in [0.25, 0.3) is 11.7 Å². The molecule has 0 aromatic heterocycles. The molecule has 3 rings (SSSR count). The number of nitrogens with zero attached hydrogens (tertiary/aromatic N) is 1. The number of nitrogens with one attached hydrogen (secondary N) is 1. The van der Waals surface area contributed by atoms with E-state index in [9.17, 15) is 9.59 Å². The Morgan fingerprint density at radius 3 is 2.55 bits per heavy atom. The van der Waals surface area contributed by atoms with Gasteiger partial charge in [0.05, 0.1) is 34.2 Å². The monoisotopic (exact) mass is 294 g/mol. The number of anilines is 2. The highest BCUT2D eigenvalue weighted by molar-refractivity contribution is 6.52. The highest BCUT2D eigenvalue weighted by atomic mass is 35.5. The number of hydrogen-bond donors (Lipinski definition) is 1. The molecule has 2 aliphatic rings. The summed E-state index contributed by atoms with van der Waals surface area (Å²) >= 11 is 6.28. The summed E-state index contributed by atoms with van der Waals surface area (Å²) in [5, 5.41) is 3.05. The molecule has 2 heterocycles. The minimum atomic E-state index is -0.600. The van der Waals surface area contributed by atoms with Crippen molar-refractivity contribution in [3.8, 4) is 0 Å². The van der Waals surface area contributed by atoms with Gasteiger partial charge in [-0.1, -0.05) is 11.6 Å². The van der Waals surface area contributed by atoms with Gasteiger partial charge in [-0.05, 0) is 26.0 Å². The first-order chi connectivity index (χ1) is 9.45. The van der Waals surface area contributed by atoms with Crippen molar-refractivity contribution in [3.05, 3.63) is 22.7 Å². The molecule has 0 spiro atoms. The number of benzene rings is 1. The summed E-state index contributed by atoms with van der Waals surface area (Å²) < 4.78 is 5.70. The molecule has 20 heavy (non-hydrogen) atoms. The second kappa shape index (κ2) is 4.75. The number of fused-ring (bicyclic) bond motifs is 1. The second-order valence-electron chi connectivity index (χ2n) is 5.29. The molecule has 1 aromatic rings. The van der Waals surface area contributed by atoms with Gasteiger partial charge in [-0.2, -0.15) is 0 Å². The third kappa shape index (κ3) is 2.17. The summed E-state index contributed by atoms with van der Waals surface area (Å²) in [5.74, 6) is -1.13. The van der Waals surface area contributed by atoms with Gasteiger partial charge >= 0.3 is 0 Å². The highest BCUT2D eigenvalue weighted by Crippen LogP contribution is 2.36. The van der Waals surface area contributed by atoms with Crippen LogP contribution in [0.2, 0.25) is 5.02 Å². The maximum absolute atomic E-state index is 11.6. The van der Waals surface area contributed by atoms with Gasteiger partial charge in [0.15, 0.2) is 0 Å². The summed E-state index contributed by atoms with van der Waals surface area (Å²) in [6.45, 7) is 5.47. The first-order valence-corrected chi connectivity index (χ1v) is 6.93. The Morgan fingerprint density at radius 1 is 1.25 bits per heavy atom. The maximum Gasteiger partial charge on any atom is 0.296 e. The van der Waals surface area contributed by atoms with Gasteiger partial charge in [-0.25, -0.2) is 0 Å². The van der Waals surface area contributed by atoms with Gasteiger partial charge in [0.1, 0.15) is 0 Å². The van der Waals surface area contributed by atoms with Crippen LogP contribution < -0.4 is 10.2 Å². The smallest absolute Gasteiger partial charge is 0.296 e. The standard InChI is InChI=1S/C14H15ClN2O3/c1-7-5-17(6-8(2)20-7)12-4-11-9(3-10(12)15)13(18)14(19)16-11/h3-4,7-8H,5-6H2,1-2H3,(H,16,18,19)/t7-,8+. The molecule has 5 nitrogen and oxygen atoms in total. The predicted molar refractivity (Wildman–Crippen MR) is 76.6 cm³/mol. The number of rotatable bonds is 1. The molecule has 1 amide bonds. The number of halogens is 1. The fourth-order valence-electron chi connectivity index (χ4n) is 2.77. The predicted octanol–water partition coefficient (Wildman–Crippen LogP) is 2.09. The van der Waals surface area contributed by atoms with Crippen LogP contribution in [0.15, 0.2) is 12.1 Å². The third-order valence-electron chi connectivity index (χ3n) is 3.55. The van der Waals surface area contributed by atoms with Gasteiger partial charge in [-0.3, -0.25) is 9.59 Å². The fourth-order valence-corrected chi connectivity index (χ4v) is 3.05. The minimum absolute atomic E-state index is 0.110. The number of ether oxygens (including phenoxy) is 1. The SMILES string of the molecule is C[C@@H]1CN(c2cc3c(cc2Cl)C(=O)C(=O)N3)C[C@H](C)O1. The zero-order chi connectivity index (χ0) is 14.4. The Kier molecular flexibility index (Phi) is 3.18. The van der Waals surface area contributed by atoms with Crippen molar-refractivity contribution in [2.75, 3.05) is 23.3 Å². The Morgan fingerprint density at radius 2 is 1.90 bits per heavy atom. The number of carbonyl (C=O) groups excluding carboxylic acids is 2. The van der Waals surface area contributed by atoms with Crippen molar-refractivity contribution in [1.29, 1.82) is 0 Å². The topological polar surface area (TPSA) is 58.6 Å². The Hall–Kier alpha value is -1.59. The van der Waals surface area contributed by atoms with Gasteiger partial charge < -0.3 is 15.0 Å². The van der Waals surface area contributed by atoms with Crippen molar-refractivity contribution < 1.29 is 14.3 Å². The molecule has 1 saturated heterocycles. The van der Waals surface area contributed by atoms with E-state index in [-0.39, 0.29) is 12.2 Å². The lowest BCUT2D eigenvalue weighted by Crippen LogP contribution is -2.45. The number of ketones is 1. The Bertz CT molecular complexity index is 592. The van der Waals surface area contributed by atoms with Crippen LogP contribution in [0.3, 0.4) is 0 Å². The van der Waals surface area contributed by atoms with Crippen molar-refractivity contribution >= 4 is 34.7 Å².